The van der Waals surface area contributed by atoms with Crippen LogP contribution in [0.15, 0.2) is 47.6 Å². The third-order valence-corrected chi connectivity index (χ3v) is 3.99. The fourth-order valence-electron chi connectivity index (χ4n) is 2.46. The van der Waals surface area contributed by atoms with Crippen LogP contribution in [-0.2, 0) is 13.6 Å². The molecule has 0 saturated carbocycles. The largest absolute Gasteiger partial charge is 0.375 e. The first-order valence-corrected chi connectivity index (χ1v) is 8.38. The molecule has 0 saturated heterocycles. The van der Waals surface area contributed by atoms with Crippen molar-refractivity contribution in [3.05, 3.63) is 48.3 Å². The van der Waals surface area contributed by atoms with Crippen LogP contribution >= 0.6 is 0 Å². The van der Waals surface area contributed by atoms with Crippen LogP contribution in [0.3, 0.4) is 0 Å². The maximum atomic E-state index is 4.25. The van der Waals surface area contributed by atoms with E-state index in [4.69, 9.17) is 0 Å². The Morgan fingerprint density at radius 1 is 1.17 bits per heavy atom. The molecule has 0 bridgehead atoms. The average Bonchev–Trinajstić information content (AvgIpc) is 3.03. The summed E-state index contributed by atoms with van der Waals surface area (Å²) in [5, 5.41) is 10.8. The highest BCUT2D eigenvalue weighted by Gasteiger charge is 2.02. The molecule has 6 heteroatoms. The second kappa shape index (κ2) is 9.60. The minimum Gasteiger partial charge on any atom is -0.375 e. The monoisotopic (exact) mass is 328 g/mol. The lowest BCUT2D eigenvalue weighted by molar-refractivity contribution is 0.667. The van der Waals surface area contributed by atoms with Crippen molar-refractivity contribution in [1.29, 1.82) is 0 Å². The predicted molar refractivity (Wildman–Crippen MR) is 100 cm³/mol. The highest BCUT2D eigenvalue weighted by atomic mass is 15.3. The number of anilines is 1. The van der Waals surface area contributed by atoms with Crippen LogP contribution in [0.2, 0.25) is 0 Å². The van der Waals surface area contributed by atoms with Crippen molar-refractivity contribution in [1.82, 2.24) is 20.4 Å². The molecule has 1 aromatic carbocycles. The van der Waals surface area contributed by atoms with Crippen molar-refractivity contribution < 1.29 is 0 Å². The normalized spacial score (nSPS) is 11.4. The Morgan fingerprint density at radius 2 is 1.96 bits per heavy atom. The molecule has 0 aliphatic rings. The lowest BCUT2D eigenvalue weighted by atomic mass is 10.2. The summed E-state index contributed by atoms with van der Waals surface area (Å²) in [4.78, 5) is 6.54. The zero-order valence-corrected chi connectivity index (χ0v) is 14.9. The van der Waals surface area contributed by atoms with E-state index < -0.39 is 0 Å². The van der Waals surface area contributed by atoms with Gasteiger partial charge >= 0.3 is 0 Å². The van der Waals surface area contributed by atoms with Gasteiger partial charge in [0, 0.05) is 46.1 Å². The number of nitrogens with zero attached hydrogens (tertiary/aromatic N) is 4. The van der Waals surface area contributed by atoms with Gasteiger partial charge < -0.3 is 15.5 Å². The fraction of sp³-hybridized carbons (Fsp3) is 0.444. The van der Waals surface area contributed by atoms with Gasteiger partial charge in [0.15, 0.2) is 5.96 Å². The van der Waals surface area contributed by atoms with E-state index in [0.29, 0.717) is 6.54 Å². The number of unbranched alkanes of at least 4 members (excludes halogenated alkanes) is 1. The molecule has 0 aliphatic carbocycles. The van der Waals surface area contributed by atoms with Gasteiger partial charge in [0.05, 0.1) is 12.2 Å². The van der Waals surface area contributed by atoms with Gasteiger partial charge in [0.2, 0.25) is 0 Å². The number of para-hydroxylation sites is 1. The lowest BCUT2D eigenvalue weighted by Gasteiger charge is -2.19. The zero-order chi connectivity index (χ0) is 17.2. The minimum atomic E-state index is 0.715. The van der Waals surface area contributed by atoms with Crippen molar-refractivity contribution in [3.63, 3.8) is 0 Å². The third-order valence-electron chi connectivity index (χ3n) is 3.99. The highest BCUT2D eigenvalue weighted by molar-refractivity contribution is 5.79. The smallest absolute Gasteiger partial charge is 0.191 e. The van der Waals surface area contributed by atoms with E-state index in [1.54, 1.807) is 13.2 Å². The van der Waals surface area contributed by atoms with Crippen LogP contribution in [0.25, 0.3) is 0 Å². The molecule has 0 spiro atoms. The average molecular weight is 328 g/mol. The topological polar surface area (TPSA) is 57.5 Å². The minimum absolute atomic E-state index is 0.715. The number of benzene rings is 1. The van der Waals surface area contributed by atoms with Crippen molar-refractivity contribution >= 4 is 11.6 Å². The van der Waals surface area contributed by atoms with Crippen molar-refractivity contribution in [2.45, 2.75) is 19.4 Å². The second-order valence-electron chi connectivity index (χ2n) is 5.76. The SMILES string of the molecule is CN=C(NCCCCN(C)c1ccccc1)NCc1ccnn1C. The van der Waals surface area contributed by atoms with Crippen molar-refractivity contribution in [2.24, 2.45) is 12.0 Å². The molecule has 0 aliphatic heterocycles. The second-order valence-corrected chi connectivity index (χ2v) is 5.76. The molecule has 2 N–H and O–H groups in total. The standard InChI is InChI=1S/C18H28N6/c1-19-18(21-15-17-11-13-22-24(17)3)20-12-7-8-14-23(2)16-9-5-4-6-10-16/h4-6,9-11,13H,7-8,12,14-15H2,1-3H3,(H2,19,20,21). The number of rotatable bonds is 8. The Kier molecular flexibility index (Phi) is 7.14. The van der Waals surface area contributed by atoms with Crippen LogP contribution in [0.1, 0.15) is 18.5 Å². The number of aromatic nitrogens is 2. The van der Waals surface area contributed by atoms with E-state index in [1.807, 2.05) is 23.9 Å². The first-order valence-electron chi connectivity index (χ1n) is 8.38. The quantitative estimate of drug-likeness (QED) is 0.442. The molecule has 0 radical (unpaired) electrons. The van der Waals surface area contributed by atoms with E-state index in [-0.39, 0.29) is 0 Å². The van der Waals surface area contributed by atoms with Crippen molar-refractivity contribution in [3.8, 4) is 0 Å². The van der Waals surface area contributed by atoms with E-state index in [1.165, 1.54) is 5.69 Å². The van der Waals surface area contributed by atoms with E-state index in [2.05, 4.69) is 56.9 Å². The van der Waals surface area contributed by atoms with Gasteiger partial charge in [-0.25, -0.2) is 0 Å². The summed E-state index contributed by atoms with van der Waals surface area (Å²) in [7, 11) is 5.87. The Hall–Kier alpha value is -2.50. The summed E-state index contributed by atoms with van der Waals surface area (Å²) in [6.45, 7) is 2.67. The molecular formula is C18H28N6. The molecule has 1 aromatic heterocycles. The maximum Gasteiger partial charge on any atom is 0.191 e. The van der Waals surface area contributed by atoms with Gasteiger partial charge in [-0.3, -0.25) is 9.67 Å². The van der Waals surface area contributed by atoms with Gasteiger partial charge in [-0.1, -0.05) is 18.2 Å². The van der Waals surface area contributed by atoms with Crippen LogP contribution < -0.4 is 15.5 Å². The van der Waals surface area contributed by atoms with Gasteiger partial charge in [-0.15, -0.1) is 0 Å². The third kappa shape index (κ3) is 5.61. The molecule has 0 atom stereocenters. The van der Waals surface area contributed by atoms with Crippen molar-refractivity contribution in [2.75, 3.05) is 32.1 Å². The highest BCUT2D eigenvalue weighted by Crippen LogP contribution is 2.11. The molecule has 6 nitrogen and oxygen atoms in total. The Bertz CT molecular complexity index is 619. The summed E-state index contributed by atoms with van der Waals surface area (Å²) in [6, 6.07) is 12.5. The Balaban J connectivity index is 1.61. The molecule has 130 valence electrons. The molecule has 0 amide bonds. The summed E-state index contributed by atoms with van der Waals surface area (Å²) in [6.07, 6.45) is 4.04. The number of hydrogen-bond acceptors (Lipinski definition) is 3. The molecule has 24 heavy (non-hydrogen) atoms. The lowest BCUT2D eigenvalue weighted by Crippen LogP contribution is -2.37. The summed E-state index contributed by atoms with van der Waals surface area (Å²) < 4.78 is 1.86. The number of nitrogens with one attached hydrogen (secondary N) is 2. The predicted octanol–water partition coefficient (Wildman–Crippen LogP) is 2.00. The van der Waals surface area contributed by atoms with Gasteiger partial charge in [-0.05, 0) is 31.0 Å². The summed E-state index contributed by atoms with van der Waals surface area (Å²) >= 11 is 0. The number of aliphatic imine (C=N–C) groups is 1. The molecule has 0 unspecified atom stereocenters. The molecular weight excluding hydrogens is 300 g/mol. The van der Waals surface area contributed by atoms with Crippen LogP contribution in [0.5, 0.6) is 0 Å². The van der Waals surface area contributed by atoms with Crippen LogP contribution in [0, 0.1) is 0 Å². The molecule has 2 rings (SSSR count). The first kappa shape index (κ1) is 17.8. The number of hydrogen-bond donors (Lipinski definition) is 2. The fourth-order valence-corrected chi connectivity index (χ4v) is 2.46. The summed E-state index contributed by atoms with van der Waals surface area (Å²) in [5.41, 5.74) is 2.39. The van der Waals surface area contributed by atoms with E-state index in [0.717, 1.165) is 37.6 Å². The summed E-state index contributed by atoms with van der Waals surface area (Å²) in [5.74, 6) is 0.826. The zero-order valence-electron chi connectivity index (χ0n) is 14.9. The maximum absolute atomic E-state index is 4.25. The van der Waals surface area contributed by atoms with Gasteiger partial charge in [0.1, 0.15) is 0 Å². The first-order chi connectivity index (χ1) is 11.7. The Morgan fingerprint density at radius 3 is 2.62 bits per heavy atom. The van der Waals surface area contributed by atoms with Crippen LogP contribution in [0.4, 0.5) is 5.69 Å². The number of guanidine groups is 1. The van der Waals surface area contributed by atoms with Gasteiger partial charge in [-0.2, -0.15) is 5.10 Å². The van der Waals surface area contributed by atoms with Gasteiger partial charge in [0.25, 0.3) is 0 Å². The molecule has 2 aromatic rings. The molecule has 0 fully saturated rings. The van der Waals surface area contributed by atoms with E-state index >= 15 is 0 Å². The van der Waals surface area contributed by atoms with E-state index in [9.17, 15) is 0 Å². The van der Waals surface area contributed by atoms with Crippen LogP contribution in [-0.4, -0.2) is 42.9 Å². The molecule has 1 heterocycles. The number of aryl methyl sites for hydroxylation is 1. The Labute approximate surface area is 144 Å².